The molecule has 3 rings (SSSR count). The molecule has 2 heterocycles. The minimum absolute atomic E-state index is 0.792. The van der Waals surface area contributed by atoms with Gasteiger partial charge in [-0.25, -0.2) is 4.98 Å². The molecule has 1 aliphatic carbocycles. The van der Waals surface area contributed by atoms with Crippen LogP contribution in [-0.4, -0.2) is 18.1 Å². The van der Waals surface area contributed by atoms with E-state index in [1.807, 2.05) is 12.3 Å². The molecule has 0 spiro atoms. The van der Waals surface area contributed by atoms with Crippen LogP contribution in [0.15, 0.2) is 29.0 Å². The second kappa shape index (κ2) is 4.30. The van der Waals surface area contributed by atoms with Gasteiger partial charge >= 0.3 is 0 Å². The summed E-state index contributed by atoms with van der Waals surface area (Å²) >= 11 is 3.37. The van der Waals surface area contributed by atoms with Gasteiger partial charge in [-0.2, -0.15) is 0 Å². The summed E-state index contributed by atoms with van der Waals surface area (Å²) in [6, 6.07) is 4.18. The smallest absolute Gasteiger partial charge is 0.106 e. The molecule has 0 saturated carbocycles. The third-order valence-corrected chi connectivity index (χ3v) is 4.13. The minimum atomic E-state index is 0.792. The number of pyridine rings is 1. The molecule has 16 heavy (non-hydrogen) atoms. The quantitative estimate of drug-likeness (QED) is 0.800. The fourth-order valence-corrected chi connectivity index (χ4v) is 3.01. The zero-order chi connectivity index (χ0) is 11.0. The van der Waals surface area contributed by atoms with Crippen LogP contribution in [0.4, 0.5) is 0 Å². The molecule has 3 heteroatoms. The molecule has 0 unspecified atom stereocenters. The lowest BCUT2D eigenvalue weighted by molar-refractivity contribution is 0.324. The van der Waals surface area contributed by atoms with E-state index in [0.717, 1.165) is 16.4 Å². The summed E-state index contributed by atoms with van der Waals surface area (Å²) in [5, 5.41) is 3.48. The van der Waals surface area contributed by atoms with Crippen LogP contribution in [0.3, 0.4) is 0 Å². The van der Waals surface area contributed by atoms with Crippen LogP contribution in [0.5, 0.6) is 0 Å². The summed E-state index contributed by atoms with van der Waals surface area (Å²) in [4.78, 5) is 4.30. The van der Waals surface area contributed by atoms with E-state index in [1.165, 1.54) is 37.1 Å². The average molecular weight is 279 g/mol. The number of allylic oxidation sites excluding steroid dienone is 2. The number of hydrogen-bond donors (Lipinski definition) is 1. The summed E-state index contributed by atoms with van der Waals surface area (Å²) in [6.45, 7) is 2.35. The van der Waals surface area contributed by atoms with Crippen molar-refractivity contribution < 1.29 is 0 Å². The molecular formula is C13H15BrN2. The first-order valence-corrected chi connectivity index (χ1v) is 6.65. The zero-order valence-electron chi connectivity index (χ0n) is 9.12. The Hall–Kier alpha value is -0.670. The van der Waals surface area contributed by atoms with E-state index in [1.54, 1.807) is 0 Å². The number of nitrogens with one attached hydrogen (secondary N) is 1. The van der Waals surface area contributed by atoms with Crippen molar-refractivity contribution in [2.24, 2.45) is 11.8 Å². The van der Waals surface area contributed by atoms with E-state index in [9.17, 15) is 0 Å². The van der Waals surface area contributed by atoms with E-state index >= 15 is 0 Å². The molecule has 2 nitrogen and oxygen atoms in total. The van der Waals surface area contributed by atoms with E-state index in [0.29, 0.717) is 0 Å². The van der Waals surface area contributed by atoms with Gasteiger partial charge in [0.15, 0.2) is 0 Å². The van der Waals surface area contributed by atoms with Gasteiger partial charge < -0.3 is 5.32 Å². The maximum Gasteiger partial charge on any atom is 0.106 e. The van der Waals surface area contributed by atoms with Crippen LogP contribution in [0, 0.1) is 11.8 Å². The van der Waals surface area contributed by atoms with E-state index in [4.69, 9.17) is 0 Å². The molecular weight excluding hydrogens is 264 g/mol. The topological polar surface area (TPSA) is 24.9 Å². The molecule has 1 aliphatic heterocycles. The Bertz CT molecular complexity index is 410. The third-order valence-electron chi connectivity index (χ3n) is 3.66. The first-order valence-electron chi connectivity index (χ1n) is 5.86. The SMILES string of the molecule is Brc1ccc(C2=C[C@@H]3CCNC[C@@H]3C2)cn1. The second-order valence-corrected chi connectivity index (χ2v) is 5.49. The maximum atomic E-state index is 4.30. The molecule has 2 atom stereocenters. The Balaban J connectivity index is 1.83. The molecule has 1 saturated heterocycles. The lowest BCUT2D eigenvalue weighted by atomic mass is 9.89. The van der Waals surface area contributed by atoms with E-state index < -0.39 is 0 Å². The first kappa shape index (κ1) is 10.5. The second-order valence-electron chi connectivity index (χ2n) is 4.68. The molecule has 2 aliphatic rings. The summed E-state index contributed by atoms with van der Waals surface area (Å²) in [5.74, 6) is 1.60. The Morgan fingerprint density at radius 2 is 2.31 bits per heavy atom. The fraction of sp³-hybridized carbons (Fsp3) is 0.462. The van der Waals surface area contributed by atoms with E-state index in [-0.39, 0.29) is 0 Å². The van der Waals surface area contributed by atoms with Crippen molar-refractivity contribution in [2.45, 2.75) is 12.8 Å². The van der Waals surface area contributed by atoms with Gasteiger partial charge in [0.2, 0.25) is 0 Å². The van der Waals surface area contributed by atoms with Crippen molar-refractivity contribution in [2.75, 3.05) is 13.1 Å². The maximum absolute atomic E-state index is 4.30. The minimum Gasteiger partial charge on any atom is -0.316 e. The van der Waals surface area contributed by atoms with Gasteiger partial charge in [-0.05, 0) is 70.9 Å². The largest absolute Gasteiger partial charge is 0.316 e. The molecule has 1 aromatic heterocycles. The first-order chi connectivity index (χ1) is 7.83. The Kier molecular flexibility index (Phi) is 2.82. The Morgan fingerprint density at radius 3 is 3.06 bits per heavy atom. The van der Waals surface area contributed by atoms with E-state index in [2.05, 4.69) is 38.4 Å². The van der Waals surface area contributed by atoms with Crippen molar-refractivity contribution >= 4 is 21.5 Å². The number of hydrogen-bond acceptors (Lipinski definition) is 2. The lowest BCUT2D eigenvalue weighted by Gasteiger charge is -2.25. The molecule has 0 aromatic carbocycles. The number of rotatable bonds is 1. The summed E-state index contributed by atoms with van der Waals surface area (Å²) in [5.41, 5.74) is 2.77. The van der Waals surface area contributed by atoms with Gasteiger partial charge in [0.1, 0.15) is 4.60 Å². The summed E-state index contributed by atoms with van der Waals surface area (Å²) < 4.78 is 0.911. The number of halogens is 1. The van der Waals surface area contributed by atoms with Crippen molar-refractivity contribution in [3.05, 3.63) is 34.6 Å². The molecule has 0 radical (unpaired) electrons. The van der Waals surface area contributed by atoms with Gasteiger partial charge in [-0.3, -0.25) is 0 Å². The molecule has 84 valence electrons. The standard InChI is InChI=1S/C13H15BrN2/c14-13-2-1-10(8-16-13)11-5-9-3-4-15-7-12(9)6-11/h1-2,5,8-9,12,15H,3-4,6-7H2/t9-,12-/m0/s1. The zero-order valence-corrected chi connectivity index (χ0v) is 10.7. The normalized spacial score (nSPS) is 28.7. The highest BCUT2D eigenvalue weighted by atomic mass is 79.9. The van der Waals surface area contributed by atoms with Gasteiger partial charge in [-0.1, -0.05) is 12.1 Å². The summed E-state index contributed by atoms with van der Waals surface area (Å²) in [6.07, 6.45) is 6.94. The average Bonchev–Trinajstić information content (AvgIpc) is 2.73. The lowest BCUT2D eigenvalue weighted by Crippen LogP contribution is -2.33. The fourth-order valence-electron chi connectivity index (χ4n) is 2.77. The van der Waals surface area contributed by atoms with Gasteiger partial charge in [-0.15, -0.1) is 0 Å². The number of nitrogens with zero attached hydrogens (tertiary/aromatic N) is 1. The van der Waals surface area contributed by atoms with Crippen molar-refractivity contribution in [3.63, 3.8) is 0 Å². The van der Waals surface area contributed by atoms with Crippen molar-refractivity contribution in [3.8, 4) is 0 Å². The van der Waals surface area contributed by atoms with Crippen molar-refractivity contribution in [1.82, 2.24) is 10.3 Å². The molecule has 0 amide bonds. The van der Waals surface area contributed by atoms with Crippen LogP contribution < -0.4 is 5.32 Å². The molecule has 1 N–H and O–H groups in total. The third kappa shape index (κ3) is 1.94. The van der Waals surface area contributed by atoms with Crippen LogP contribution in [0.25, 0.3) is 5.57 Å². The Labute approximate surface area is 104 Å². The molecule has 1 aromatic rings. The van der Waals surface area contributed by atoms with Crippen LogP contribution >= 0.6 is 15.9 Å². The number of piperidine rings is 1. The summed E-state index contributed by atoms with van der Waals surface area (Å²) in [7, 11) is 0. The highest BCUT2D eigenvalue weighted by molar-refractivity contribution is 9.10. The highest BCUT2D eigenvalue weighted by Crippen LogP contribution is 2.38. The van der Waals surface area contributed by atoms with Crippen LogP contribution in [0.1, 0.15) is 18.4 Å². The van der Waals surface area contributed by atoms with Crippen LogP contribution in [0.2, 0.25) is 0 Å². The van der Waals surface area contributed by atoms with Gasteiger partial charge in [0.05, 0.1) is 0 Å². The number of fused-ring (bicyclic) bond motifs is 1. The van der Waals surface area contributed by atoms with Gasteiger partial charge in [0.25, 0.3) is 0 Å². The van der Waals surface area contributed by atoms with Gasteiger partial charge in [0, 0.05) is 6.20 Å². The monoisotopic (exact) mass is 278 g/mol. The predicted molar refractivity (Wildman–Crippen MR) is 69.0 cm³/mol. The molecule has 1 fully saturated rings. The molecule has 0 bridgehead atoms. The Morgan fingerprint density at radius 1 is 1.38 bits per heavy atom. The number of aromatic nitrogens is 1. The van der Waals surface area contributed by atoms with Crippen molar-refractivity contribution in [1.29, 1.82) is 0 Å². The highest BCUT2D eigenvalue weighted by Gasteiger charge is 2.29. The van der Waals surface area contributed by atoms with Crippen LogP contribution in [-0.2, 0) is 0 Å². The predicted octanol–water partition coefficient (Wildman–Crippen LogP) is 2.86.